The lowest BCUT2D eigenvalue weighted by Gasteiger charge is -2.12. The number of aromatic nitrogens is 2. The topological polar surface area (TPSA) is 54.2 Å². The molecule has 5 nitrogen and oxygen atoms in total. The highest BCUT2D eigenvalue weighted by Crippen LogP contribution is 2.38. The zero-order valence-electron chi connectivity index (χ0n) is 9.36. The highest BCUT2D eigenvalue weighted by atomic mass is 16.5. The summed E-state index contributed by atoms with van der Waals surface area (Å²) in [5, 5.41) is 7.09. The summed E-state index contributed by atoms with van der Waals surface area (Å²) in [7, 11) is 4.00. The number of nitrogens with one attached hydrogen (secondary N) is 1. The molecule has 1 fully saturated rings. The molecule has 0 saturated heterocycles. The van der Waals surface area contributed by atoms with Crippen LogP contribution in [0.3, 0.4) is 0 Å². The van der Waals surface area contributed by atoms with Gasteiger partial charge < -0.3 is 9.84 Å². The van der Waals surface area contributed by atoms with Crippen molar-refractivity contribution in [2.45, 2.75) is 25.3 Å². The third kappa shape index (κ3) is 3.00. The maximum Gasteiger partial charge on any atom is 0.240 e. The van der Waals surface area contributed by atoms with Crippen LogP contribution in [0.1, 0.15) is 30.5 Å². The molecule has 2 rings (SSSR count). The summed E-state index contributed by atoms with van der Waals surface area (Å²) in [6, 6.07) is 0. The molecule has 84 valence electrons. The van der Waals surface area contributed by atoms with Crippen LogP contribution in [0.5, 0.6) is 0 Å². The van der Waals surface area contributed by atoms with Crippen molar-refractivity contribution in [3.05, 3.63) is 11.7 Å². The fourth-order valence-electron chi connectivity index (χ4n) is 1.45. The van der Waals surface area contributed by atoms with Crippen molar-refractivity contribution in [3.63, 3.8) is 0 Å². The molecule has 0 aliphatic heterocycles. The van der Waals surface area contributed by atoms with Gasteiger partial charge in [0.15, 0.2) is 5.82 Å². The van der Waals surface area contributed by atoms with Crippen molar-refractivity contribution in [2.75, 3.05) is 27.2 Å². The second kappa shape index (κ2) is 4.72. The largest absolute Gasteiger partial charge is 0.338 e. The molecule has 0 radical (unpaired) electrons. The number of hydrogen-bond acceptors (Lipinski definition) is 5. The number of rotatable bonds is 6. The van der Waals surface area contributed by atoms with Crippen molar-refractivity contribution in [1.29, 1.82) is 0 Å². The van der Waals surface area contributed by atoms with Gasteiger partial charge in [-0.05, 0) is 26.9 Å². The van der Waals surface area contributed by atoms with E-state index >= 15 is 0 Å². The first-order chi connectivity index (χ1) is 7.29. The van der Waals surface area contributed by atoms with Crippen LogP contribution in [0.25, 0.3) is 0 Å². The monoisotopic (exact) mass is 210 g/mol. The Bertz CT molecular complexity index is 308. The highest BCUT2D eigenvalue weighted by Gasteiger charge is 2.28. The van der Waals surface area contributed by atoms with Gasteiger partial charge in [-0.1, -0.05) is 5.16 Å². The SMILES string of the molecule is CNCCN(C)Cc1nc(C2CC2)no1. The van der Waals surface area contributed by atoms with Crippen LogP contribution in [0.15, 0.2) is 4.52 Å². The van der Waals surface area contributed by atoms with Crippen LogP contribution in [-0.4, -0.2) is 42.2 Å². The van der Waals surface area contributed by atoms with E-state index in [-0.39, 0.29) is 0 Å². The predicted molar refractivity (Wildman–Crippen MR) is 56.5 cm³/mol. The second-order valence-corrected chi connectivity index (χ2v) is 4.16. The lowest BCUT2D eigenvalue weighted by atomic mass is 10.4. The van der Waals surface area contributed by atoms with Crippen molar-refractivity contribution < 1.29 is 4.52 Å². The van der Waals surface area contributed by atoms with Crippen LogP contribution < -0.4 is 5.32 Å². The molecular weight excluding hydrogens is 192 g/mol. The van der Waals surface area contributed by atoms with Gasteiger partial charge in [0, 0.05) is 19.0 Å². The van der Waals surface area contributed by atoms with E-state index < -0.39 is 0 Å². The Hall–Kier alpha value is -0.940. The smallest absolute Gasteiger partial charge is 0.240 e. The lowest BCUT2D eigenvalue weighted by Crippen LogP contribution is -2.27. The van der Waals surface area contributed by atoms with E-state index in [0.717, 1.165) is 31.3 Å². The molecule has 1 aliphatic rings. The predicted octanol–water partition coefficient (Wildman–Crippen LogP) is 0.598. The Balaban J connectivity index is 1.81. The average molecular weight is 210 g/mol. The maximum atomic E-state index is 5.19. The zero-order chi connectivity index (χ0) is 10.7. The fourth-order valence-corrected chi connectivity index (χ4v) is 1.45. The molecule has 0 spiro atoms. The molecule has 15 heavy (non-hydrogen) atoms. The number of likely N-dealkylation sites (N-methyl/N-ethyl adjacent to an activating group) is 2. The summed E-state index contributed by atoms with van der Waals surface area (Å²) in [6.07, 6.45) is 2.43. The fraction of sp³-hybridized carbons (Fsp3) is 0.800. The summed E-state index contributed by atoms with van der Waals surface area (Å²) in [6.45, 7) is 2.69. The van der Waals surface area contributed by atoms with Gasteiger partial charge in [-0.2, -0.15) is 4.98 Å². The van der Waals surface area contributed by atoms with Gasteiger partial charge in [0.25, 0.3) is 0 Å². The van der Waals surface area contributed by atoms with E-state index in [9.17, 15) is 0 Å². The molecular formula is C10H18N4O. The number of nitrogens with zero attached hydrogens (tertiary/aromatic N) is 3. The van der Waals surface area contributed by atoms with Crippen LogP contribution in [0.4, 0.5) is 0 Å². The van der Waals surface area contributed by atoms with Crippen molar-refractivity contribution >= 4 is 0 Å². The minimum Gasteiger partial charge on any atom is -0.338 e. The molecule has 0 atom stereocenters. The normalized spacial score (nSPS) is 16.2. The molecule has 1 aromatic rings. The first-order valence-electron chi connectivity index (χ1n) is 5.45. The summed E-state index contributed by atoms with van der Waals surface area (Å²) in [5.74, 6) is 2.20. The molecule has 1 heterocycles. The zero-order valence-corrected chi connectivity index (χ0v) is 9.36. The first kappa shape index (κ1) is 10.6. The van der Waals surface area contributed by atoms with Gasteiger partial charge in [0.05, 0.1) is 6.54 Å². The summed E-state index contributed by atoms with van der Waals surface area (Å²) in [5.41, 5.74) is 0. The minimum absolute atomic E-state index is 0.574. The quantitative estimate of drug-likeness (QED) is 0.745. The Kier molecular flexibility index (Phi) is 3.33. The Morgan fingerprint density at radius 3 is 3.00 bits per heavy atom. The van der Waals surface area contributed by atoms with Gasteiger partial charge in [-0.15, -0.1) is 0 Å². The average Bonchev–Trinajstić information content (AvgIpc) is 2.98. The van der Waals surface area contributed by atoms with Gasteiger partial charge in [0.1, 0.15) is 0 Å². The Labute approximate surface area is 89.8 Å². The molecule has 0 aromatic carbocycles. The van der Waals surface area contributed by atoms with E-state index in [1.807, 2.05) is 7.05 Å². The van der Waals surface area contributed by atoms with Gasteiger partial charge in [-0.3, -0.25) is 4.90 Å². The van der Waals surface area contributed by atoms with E-state index in [4.69, 9.17) is 4.52 Å². The molecule has 1 N–H and O–H groups in total. The standard InChI is InChI=1S/C10H18N4O/c1-11-5-6-14(2)7-9-12-10(13-15-9)8-3-4-8/h8,11H,3-7H2,1-2H3. The molecule has 0 unspecified atom stereocenters. The van der Waals surface area contributed by atoms with E-state index in [1.165, 1.54) is 12.8 Å². The van der Waals surface area contributed by atoms with Gasteiger partial charge in [0.2, 0.25) is 5.89 Å². The van der Waals surface area contributed by atoms with Crippen LogP contribution >= 0.6 is 0 Å². The summed E-state index contributed by atoms with van der Waals surface area (Å²) in [4.78, 5) is 6.55. The molecule has 1 aliphatic carbocycles. The number of hydrogen-bond donors (Lipinski definition) is 1. The van der Waals surface area contributed by atoms with Crippen molar-refractivity contribution in [2.24, 2.45) is 0 Å². The first-order valence-corrected chi connectivity index (χ1v) is 5.45. The summed E-state index contributed by atoms with van der Waals surface area (Å²) < 4.78 is 5.19. The lowest BCUT2D eigenvalue weighted by molar-refractivity contribution is 0.267. The molecule has 1 saturated carbocycles. The summed E-state index contributed by atoms with van der Waals surface area (Å²) >= 11 is 0. The van der Waals surface area contributed by atoms with Crippen molar-refractivity contribution in [3.8, 4) is 0 Å². The van der Waals surface area contributed by atoms with Gasteiger partial charge >= 0.3 is 0 Å². The highest BCUT2D eigenvalue weighted by molar-refractivity contribution is 5.03. The van der Waals surface area contributed by atoms with Crippen LogP contribution in [-0.2, 0) is 6.54 Å². The van der Waals surface area contributed by atoms with Crippen LogP contribution in [0, 0.1) is 0 Å². The van der Waals surface area contributed by atoms with E-state index in [0.29, 0.717) is 5.92 Å². The maximum absolute atomic E-state index is 5.19. The molecule has 1 aromatic heterocycles. The minimum atomic E-state index is 0.574. The molecule has 5 heteroatoms. The third-order valence-electron chi connectivity index (χ3n) is 2.57. The Morgan fingerprint density at radius 1 is 1.53 bits per heavy atom. The second-order valence-electron chi connectivity index (χ2n) is 4.16. The van der Waals surface area contributed by atoms with Crippen molar-refractivity contribution in [1.82, 2.24) is 20.4 Å². The van der Waals surface area contributed by atoms with Gasteiger partial charge in [-0.25, -0.2) is 0 Å². The van der Waals surface area contributed by atoms with E-state index in [1.54, 1.807) is 0 Å². The molecule has 0 amide bonds. The Morgan fingerprint density at radius 2 is 2.33 bits per heavy atom. The molecule has 0 bridgehead atoms. The third-order valence-corrected chi connectivity index (χ3v) is 2.57. The van der Waals surface area contributed by atoms with E-state index in [2.05, 4.69) is 27.4 Å². The van der Waals surface area contributed by atoms with Crippen LogP contribution in [0.2, 0.25) is 0 Å².